The summed E-state index contributed by atoms with van der Waals surface area (Å²) >= 11 is 0. The van der Waals surface area contributed by atoms with E-state index in [0.717, 1.165) is 76.6 Å². The summed E-state index contributed by atoms with van der Waals surface area (Å²) in [4.78, 5) is 20.3. The van der Waals surface area contributed by atoms with Crippen molar-refractivity contribution < 1.29 is 9.26 Å². The molecule has 9 nitrogen and oxygen atoms in total. The van der Waals surface area contributed by atoms with Gasteiger partial charge in [-0.3, -0.25) is 4.90 Å². The van der Waals surface area contributed by atoms with Crippen LogP contribution in [-0.4, -0.2) is 77.5 Å². The number of hydrogen-bond acceptors (Lipinski definition) is 9. The van der Waals surface area contributed by atoms with Crippen LogP contribution in [0.25, 0.3) is 0 Å². The van der Waals surface area contributed by atoms with Gasteiger partial charge in [0.25, 0.3) is 0 Å². The van der Waals surface area contributed by atoms with E-state index in [0.29, 0.717) is 5.89 Å². The fourth-order valence-corrected chi connectivity index (χ4v) is 3.17. The summed E-state index contributed by atoms with van der Waals surface area (Å²) in [5, 5.41) is 3.97. The molecule has 2 aromatic rings. The third-order valence-electron chi connectivity index (χ3n) is 4.55. The molecule has 2 fully saturated rings. The molecular formula is C16H23N7O2. The number of hydrogen-bond donors (Lipinski definition) is 0. The zero-order chi connectivity index (χ0) is 17.1. The molecule has 2 aliphatic rings. The van der Waals surface area contributed by atoms with Gasteiger partial charge in [0, 0.05) is 52.4 Å². The molecule has 0 N–H and O–H groups in total. The first-order valence-corrected chi connectivity index (χ1v) is 8.70. The van der Waals surface area contributed by atoms with E-state index in [9.17, 15) is 0 Å². The molecular weight excluding hydrogens is 322 g/mol. The van der Waals surface area contributed by atoms with E-state index in [1.165, 1.54) is 0 Å². The largest absolute Gasteiger partial charge is 0.378 e. The van der Waals surface area contributed by atoms with Crippen LogP contribution >= 0.6 is 0 Å². The lowest BCUT2D eigenvalue weighted by atomic mass is 10.3. The minimum Gasteiger partial charge on any atom is -0.378 e. The van der Waals surface area contributed by atoms with E-state index < -0.39 is 0 Å². The van der Waals surface area contributed by atoms with Crippen molar-refractivity contribution in [2.45, 2.75) is 13.5 Å². The lowest BCUT2D eigenvalue weighted by Crippen LogP contribution is -2.46. The van der Waals surface area contributed by atoms with Crippen LogP contribution in [0, 0.1) is 6.92 Å². The van der Waals surface area contributed by atoms with Crippen LogP contribution in [0.4, 0.5) is 11.8 Å². The molecule has 2 aliphatic heterocycles. The second-order valence-corrected chi connectivity index (χ2v) is 6.31. The molecule has 4 rings (SSSR count). The molecule has 2 saturated heterocycles. The first kappa shape index (κ1) is 16.2. The van der Waals surface area contributed by atoms with Gasteiger partial charge in [-0.25, -0.2) is 4.98 Å². The van der Waals surface area contributed by atoms with E-state index in [-0.39, 0.29) is 0 Å². The van der Waals surface area contributed by atoms with Crippen molar-refractivity contribution in [2.24, 2.45) is 0 Å². The van der Waals surface area contributed by atoms with E-state index >= 15 is 0 Å². The summed E-state index contributed by atoms with van der Waals surface area (Å²) in [5.41, 5.74) is 0. The standard InChI is InChI=1S/C16H23N7O2/c1-13-18-14(20-25-13)12-21-4-6-23(7-5-21)16-17-3-2-15(19-16)22-8-10-24-11-9-22/h2-3H,4-12H2,1H3. The molecule has 0 unspecified atom stereocenters. The summed E-state index contributed by atoms with van der Waals surface area (Å²) in [6, 6.07) is 1.98. The molecule has 134 valence electrons. The lowest BCUT2D eigenvalue weighted by molar-refractivity contribution is 0.122. The number of rotatable bonds is 4. The van der Waals surface area contributed by atoms with Gasteiger partial charge in [0.15, 0.2) is 5.82 Å². The van der Waals surface area contributed by atoms with Gasteiger partial charge in [0.1, 0.15) is 5.82 Å². The Morgan fingerprint density at radius 2 is 1.80 bits per heavy atom. The number of piperazine rings is 1. The third-order valence-corrected chi connectivity index (χ3v) is 4.55. The maximum atomic E-state index is 5.41. The van der Waals surface area contributed by atoms with E-state index in [1.807, 2.05) is 19.2 Å². The zero-order valence-corrected chi connectivity index (χ0v) is 14.5. The molecule has 0 amide bonds. The first-order valence-electron chi connectivity index (χ1n) is 8.70. The van der Waals surface area contributed by atoms with E-state index in [4.69, 9.17) is 14.2 Å². The van der Waals surface area contributed by atoms with Gasteiger partial charge in [0.05, 0.1) is 19.8 Å². The highest BCUT2D eigenvalue weighted by molar-refractivity contribution is 5.44. The summed E-state index contributed by atoms with van der Waals surface area (Å²) in [6.45, 7) is 9.46. The van der Waals surface area contributed by atoms with Gasteiger partial charge in [-0.1, -0.05) is 5.16 Å². The van der Waals surface area contributed by atoms with Gasteiger partial charge >= 0.3 is 0 Å². The number of anilines is 2. The summed E-state index contributed by atoms with van der Waals surface area (Å²) < 4.78 is 10.4. The van der Waals surface area contributed by atoms with Crippen LogP contribution in [0.2, 0.25) is 0 Å². The molecule has 0 radical (unpaired) electrons. The van der Waals surface area contributed by atoms with Crippen molar-refractivity contribution in [3.8, 4) is 0 Å². The lowest BCUT2D eigenvalue weighted by Gasteiger charge is -2.34. The van der Waals surface area contributed by atoms with Crippen LogP contribution in [0.3, 0.4) is 0 Å². The Hall–Kier alpha value is -2.26. The fourth-order valence-electron chi connectivity index (χ4n) is 3.17. The Balaban J connectivity index is 1.35. The SMILES string of the molecule is Cc1nc(CN2CCN(c3nccc(N4CCOCC4)n3)CC2)no1. The second-order valence-electron chi connectivity index (χ2n) is 6.31. The van der Waals surface area contributed by atoms with Crippen LogP contribution in [0.15, 0.2) is 16.8 Å². The predicted molar refractivity (Wildman–Crippen MR) is 91.6 cm³/mol. The van der Waals surface area contributed by atoms with Gasteiger partial charge in [-0.15, -0.1) is 0 Å². The number of aryl methyl sites for hydroxylation is 1. The van der Waals surface area contributed by atoms with Crippen molar-refractivity contribution in [1.29, 1.82) is 0 Å². The molecule has 0 spiro atoms. The number of morpholine rings is 1. The topological polar surface area (TPSA) is 83.7 Å². The highest BCUT2D eigenvalue weighted by Gasteiger charge is 2.21. The second kappa shape index (κ2) is 7.32. The molecule has 0 bridgehead atoms. The third kappa shape index (κ3) is 3.88. The Morgan fingerprint density at radius 3 is 2.52 bits per heavy atom. The average molecular weight is 345 g/mol. The van der Waals surface area contributed by atoms with Gasteiger partial charge < -0.3 is 19.1 Å². The fraction of sp³-hybridized carbons (Fsp3) is 0.625. The van der Waals surface area contributed by atoms with E-state index in [2.05, 4.69) is 29.8 Å². The number of aromatic nitrogens is 4. The molecule has 0 aromatic carbocycles. The summed E-state index contributed by atoms with van der Waals surface area (Å²) in [7, 11) is 0. The summed E-state index contributed by atoms with van der Waals surface area (Å²) in [6.07, 6.45) is 1.85. The molecule has 2 aromatic heterocycles. The van der Waals surface area contributed by atoms with Crippen molar-refractivity contribution in [1.82, 2.24) is 25.0 Å². The number of ether oxygens (including phenoxy) is 1. The predicted octanol–water partition coefficient (Wildman–Crippen LogP) is 0.327. The van der Waals surface area contributed by atoms with Gasteiger partial charge in [0.2, 0.25) is 11.8 Å². The molecule has 9 heteroatoms. The highest BCUT2D eigenvalue weighted by Crippen LogP contribution is 2.18. The quantitative estimate of drug-likeness (QED) is 0.778. The van der Waals surface area contributed by atoms with Gasteiger partial charge in [-0.2, -0.15) is 9.97 Å². The van der Waals surface area contributed by atoms with Crippen molar-refractivity contribution in [3.05, 3.63) is 24.0 Å². The Bertz CT molecular complexity index is 693. The van der Waals surface area contributed by atoms with Crippen LogP contribution in [-0.2, 0) is 11.3 Å². The summed E-state index contributed by atoms with van der Waals surface area (Å²) in [5.74, 6) is 3.15. The maximum Gasteiger partial charge on any atom is 0.227 e. The first-order chi connectivity index (χ1) is 12.3. The normalized spacial score (nSPS) is 19.4. The molecule has 25 heavy (non-hydrogen) atoms. The maximum absolute atomic E-state index is 5.41. The van der Waals surface area contributed by atoms with Crippen molar-refractivity contribution >= 4 is 11.8 Å². The van der Waals surface area contributed by atoms with Crippen molar-refractivity contribution in [3.63, 3.8) is 0 Å². The van der Waals surface area contributed by atoms with Crippen molar-refractivity contribution in [2.75, 3.05) is 62.3 Å². The van der Waals surface area contributed by atoms with Gasteiger partial charge in [-0.05, 0) is 6.07 Å². The Morgan fingerprint density at radius 1 is 1.00 bits per heavy atom. The molecule has 4 heterocycles. The minimum absolute atomic E-state index is 0.613. The van der Waals surface area contributed by atoms with Crippen LogP contribution in [0.1, 0.15) is 11.7 Å². The van der Waals surface area contributed by atoms with Crippen LogP contribution < -0.4 is 9.80 Å². The molecule has 0 aliphatic carbocycles. The zero-order valence-electron chi connectivity index (χ0n) is 14.5. The Kier molecular flexibility index (Phi) is 4.75. The average Bonchev–Trinajstić information content (AvgIpc) is 3.08. The molecule has 0 saturated carbocycles. The minimum atomic E-state index is 0.613. The van der Waals surface area contributed by atoms with E-state index in [1.54, 1.807) is 0 Å². The Labute approximate surface area is 146 Å². The molecule has 0 atom stereocenters. The van der Waals surface area contributed by atoms with Crippen LogP contribution in [0.5, 0.6) is 0 Å². The highest BCUT2D eigenvalue weighted by atomic mass is 16.5. The number of nitrogens with zero attached hydrogens (tertiary/aromatic N) is 7. The smallest absolute Gasteiger partial charge is 0.227 e. The monoisotopic (exact) mass is 345 g/mol.